The molecular formula is C29H37N3O3S. The zero-order valence-electron chi connectivity index (χ0n) is 21.7. The lowest BCUT2D eigenvalue weighted by molar-refractivity contribution is -0.152. The van der Waals surface area contributed by atoms with Crippen molar-refractivity contribution in [3.63, 3.8) is 0 Å². The predicted molar refractivity (Wildman–Crippen MR) is 144 cm³/mol. The quantitative estimate of drug-likeness (QED) is 0.237. The first kappa shape index (κ1) is 26.3. The number of carbonyl (C=O) groups is 1. The molecule has 0 radical (unpaired) electrons. The van der Waals surface area contributed by atoms with Crippen LogP contribution < -0.4 is 4.74 Å². The number of rotatable bonds is 10. The Kier molecular flexibility index (Phi) is 9.08. The third kappa shape index (κ3) is 6.69. The van der Waals surface area contributed by atoms with Gasteiger partial charge in [0.15, 0.2) is 11.0 Å². The Hall–Kier alpha value is -2.80. The van der Waals surface area contributed by atoms with Crippen LogP contribution in [0.4, 0.5) is 0 Å². The Bertz CT molecular complexity index is 1110. The van der Waals surface area contributed by atoms with Crippen molar-refractivity contribution in [2.45, 2.75) is 64.3 Å². The number of hydrogen-bond acceptors (Lipinski definition) is 6. The predicted octanol–water partition coefficient (Wildman–Crippen LogP) is 6.29. The monoisotopic (exact) mass is 507 g/mol. The van der Waals surface area contributed by atoms with Gasteiger partial charge in [-0.1, -0.05) is 69.3 Å². The third-order valence-electron chi connectivity index (χ3n) is 7.10. The Balaban J connectivity index is 1.47. The van der Waals surface area contributed by atoms with Crippen molar-refractivity contribution in [2.24, 2.45) is 17.8 Å². The van der Waals surface area contributed by atoms with Gasteiger partial charge in [-0.15, -0.1) is 10.2 Å². The summed E-state index contributed by atoms with van der Waals surface area (Å²) >= 11 is 1.40. The van der Waals surface area contributed by atoms with Crippen LogP contribution in [-0.4, -0.2) is 39.7 Å². The van der Waals surface area contributed by atoms with Gasteiger partial charge in [0, 0.05) is 12.1 Å². The number of benzene rings is 2. The van der Waals surface area contributed by atoms with Gasteiger partial charge in [-0.3, -0.25) is 4.79 Å². The van der Waals surface area contributed by atoms with Crippen LogP contribution in [0.5, 0.6) is 5.75 Å². The summed E-state index contributed by atoms with van der Waals surface area (Å²) in [5.74, 6) is 3.17. The first-order chi connectivity index (χ1) is 17.4. The molecule has 0 spiro atoms. The smallest absolute Gasteiger partial charge is 0.316 e. The molecule has 0 amide bonds. The number of aryl methyl sites for hydroxylation is 1. The van der Waals surface area contributed by atoms with E-state index in [0.717, 1.165) is 41.6 Å². The highest BCUT2D eigenvalue weighted by atomic mass is 32.2. The number of aromatic nitrogens is 3. The third-order valence-corrected chi connectivity index (χ3v) is 8.04. The average molecular weight is 508 g/mol. The normalized spacial score (nSPS) is 19.9. The first-order valence-corrected chi connectivity index (χ1v) is 13.9. The van der Waals surface area contributed by atoms with E-state index in [1.165, 1.54) is 23.7 Å². The van der Waals surface area contributed by atoms with E-state index in [1.807, 2.05) is 42.5 Å². The summed E-state index contributed by atoms with van der Waals surface area (Å²) in [6.45, 7) is 7.42. The second-order valence-corrected chi connectivity index (χ2v) is 11.0. The molecule has 1 aromatic heterocycles. The molecule has 1 aliphatic rings. The minimum absolute atomic E-state index is 0.00709. The molecule has 0 unspecified atom stereocenters. The van der Waals surface area contributed by atoms with E-state index in [1.54, 1.807) is 7.11 Å². The van der Waals surface area contributed by atoms with Gasteiger partial charge >= 0.3 is 5.97 Å². The molecule has 3 aromatic rings. The molecule has 0 N–H and O–H groups in total. The van der Waals surface area contributed by atoms with Crippen molar-refractivity contribution in [1.82, 2.24) is 14.8 Å². The maximum Gasteiger partial charge on any atom is 0.316 e. The van der Waals surface area contributed by atoms with Crippen LogP contribution in [0.25, 0.3) is 11.4 Å². The minimum Gasteiger partial charge on any atom is -0.497 e. The van der Waals surface area contributed by atoms with Crippen LogP contribution in [0.2, 0.25) is 0 Å². The first-order valence-electron chi connectivity index (χ1n) is 12.9. The van der Waals surface area contributed by atoms with Crippen molar-refractivity contribution < 1.29 is 14.3 Å². The SMILES string of the molecule is COc1ccc(-c2nnc(SCC(=O)O[C@@H]3C[C@H](C)CC[C@H]3C(C)C)n2CCc2ccccc2)cc1. The van der Waals surface area contributed by atoms with E-state index < -0.39 is 0 Å². The Morgan fingerprint density at radius 2 is 1.83 bits per heavy atom. The molecule has 6 nitrogen and oxygen atoms in total. The number of nitrogens with zero attached hydrogens (tertiary/aromatic N) is 3. The van der Waals surface area contributed by atoms with Crippen molar-refractivity contribution >= 4 is 17.7 Å². The van der Waals surface area contributed by atoms with E-state index in [9.17, 15) is 4.79 Å². The summed E-state index contributed by atoms with van der Waals surface area (Å²) in [6.07, 6.45) is 4.14. The van der Waals surface area contributed by atoms with Gasteiger partial charge in [-0.05, 0) is 66.8 Å². The van der Waals surface area contributed by atoms with Crippen molar-refractivity contribution in [3.8, 4) is 17.1 Å². The Morgan fingerprint density at radius 3 is 2.53 bits per heavy atom. The lowest BCUT2D eigenvalue weighted by Crippen LogP contribution is -2.36. The van der Waals surface area contributed by atoms with Crippen LogP contribution in [0.3, 0.4) is 0 Å². The van der Waals surface area contributed by atoms with E-state index in [4.69, 9.17) is 9.47 Å². The number of methoxy groups -OCH3 is 1. The zero-order valence-corrected chi connectivity index (χ0v) is 22.5. The molecule has 7 heteroatoms. The molecule has 1 fully saturated rings. The fourth-order valence-corrected chi connectivity index (χ4v) is 5.76. The number of thioether (sulfide) groups is 1. The molecule has 1 heterocycles. The fraction of sp³-hybridized carbons (Fsp3) is 0.483. The van der Waals surface area contributed by atoms with Crippen LogP contribution in [-0.2, 0) is 22.5 Å². The number of ether oxygens (including phenoxy) is 2. The number of esters is 1. The second kappa shape index (κ2) is 12.4. The summed E-state index contributed by atoms with van der Waals surface area (Å²) in [5, 5.41) is 9.68. The van der Waals surface area contributed by atoms with E-state index in [2.05, 4.69) is 47.7 Å². The molecule has 0 aliphatic heterocycles. The number of carbonyl (C=O) groups excluding carboxylic acids is 1. The molecule has 36 heavy (non-hydrogen) atoms. The minimum atomic E-state index is -0.173. The average Bonchev–Trinajstić information content (AvgIpc) is 3.29. The van der Waals surface area contributed by atoms with Crippen LogP contribution in [0.15, 0.2) is 59.8 Å². The van der Waals surface area contributed by atoms with Crippen LogP contribution >= 0.6 is 11.8 Å². The van der Waals surface area contributed by atoms with Gasteiger partial charge in [0.05, 0.1) is 12.9 Å². The molecule has 0 saturated heterocycles. The van der Waals surface area contributed by atoms with Gasteiger partial charge in [-0.2, -0.15) is 0 Å². The van der Waals surface area contributed by atoms with E-state index in [-0.39, 0.29) is 17.8 Å². The highest BCUT2D eigenvalue weighted by Crippen LogP contribution is 2.35. The summed E-state index contributed by atoms with van der Waals surface area (Å²) in [4.78, 5) is 12.9. The summed E-state index contributed by atoms with van der Waals surface area (Å²) in [7, 11) is 1.66. The Labute approximate surface area is 218 Å². The molecule has 4 rings (SSSR count). The topological polar surface area (TPSA) is 66.2 Å². The summed E-state index contributed by atoms with van der Waals surface area (Å²) in [6, 6.07) is 18.2. The largest absolute Gasteiger partial charge is 0.497 e. The lowest BCUT2D eigenvalue weighted by Gasteiger charge is -2.36. The lowest BCUT2D eigenvalue weighted by atomic mass is 9.75. The van der Waals surface area contributed by atoms with Crippen LogP contribution in [0, 0.1) is 17.8 Å². The zero-order chi connectivity index (χ0) is 25.5. The Morgan fingerprint density at radius 1 is 1.08 bits per heavy atom. The standard InChI is InChI=1S/C29H37N3O3S/c1-20(2)25-15-10-21(3)18-26(25)35-27(33)19-36-29-31-30-28(23-11-13-24(34-4)14-12-23)32(29)17-16-22-8-6-5-7-9-22/h5-9,11-14,20-21,25-26H,10,15-19H2,1-4H3/t21-,25+,26-/m1/s1. The maximum atomic E-state index is 12.9. The molecular weight excluding hydrogens is 470 g/mol. The maximum absolute atomic E-state index is 12.9. The molecule has 192 valence electrons. The molecule has 0 bridgehead atoms. The van der Waals surface area contributed by atoms with Crippen molar-refractivity contribution in [3.05, 3.63) is 60.2 Å². The highest BCUT2D eigenvalue weighted by Gasteiger charge is 2.33. The molecule has 1 saturated carbocycles. The van der Waals surface area contributed by atoms with Crippen molar-refractivity contribution in [2.75, 3.05) is 12.9 Å². The highest BCUT2D eigenvalue weighted by molar-refractivity contribution is 7.99. The van der Waals surface area contributed by atoms with Crippen LogP contribution in [0.1, 0.15) is 45.6 Å². The molecule has 3 atom stereocenters. The summed E-state index contributed by atoms with van der Waals surface area (Å²) in [5.41, 5.74) is 2.20. The summed E-state index contributed by atoms with van der Waals surface area (Å²) < 4.78 is 13.4. The van der Waals surface area contributed by atoms with E-state index in [0.29, 0.717) is 24.3 Å². The van der Waals surface area contributed by atoms with Crippen molar-refractivity contribution in [1.29, 1.82) is 0 Å². The number of hydrogen-bond donors (Lipinski definition) is 0. The van der Waals surface area contributed by atoms with Gasteiger partial charge in [0.1, 0.15) is 11.9 Å². The second-order valence-electron chi connectivity index (χ2n) is 10.1. The fourth-order valence-electron chi connectivity index (χ4n) is 5.01. The molecule has 1 aliphatic carbocycles. The van der Waals surface area contributed by atoms with E-state index >= 15 is 0 Å². The van der Waals surface area contributed by atoms with Gasteiger partial charge in [0.2, 0.25) is 0 Å². The molecule has 2 aromatic carbocycles. The van der Waals surface area contributed by atoms with Gasteiger partial charge in [0.25, 0.3) is 0 Å². The van der Waals surface area contributed by atoms with Gasteiger partial charge in [-0.25, -0.2) is 0 Å². The van der Waals surface area contributed by atoms with Gasteiger partial charge < -0.3 is 14.0 Å².